The number of carbonyl (C=O) groups excluding carboxylic acids is 2. The maximum atomic E-state index is 12.9. The van der Waals surface area contributed by atoms with Crippen LogP contribution < -0.4 is 9.47 Å². The molecule has 2 aromatic rings. The first kappa shape index (κ1) is 20.9. The number of benzene rings is 2. The van der Waals surface area contributed by atoms with Crippen LogP contribution in [0.4, 0.5) is 0 Å². The number of hydrogen-bond donors (Lipinski definition) is 0. The second-order valence-electron chi connectivity index (χ2n) is 8.38. The van der Waals surface area contributed by atoms with Crippen molar-refractivity contribution in [3.8, 4) is 11.5 Å². The molecule has 1 fully saturated rings. The molecule has 5 nitrogen and oxygen atoms in total. The first-order valence-electron chi connectivity index (χ1n) is 10.3. The summed E-state index contributed by atoms with van der Waals surface area (Å²) in [7, 11) is 0. The van der Waals surface area contributed by atoms with E-state index in [9.17, 15) is 9.59 Å². The quantitative estimate of drug-likeness (QED) is 0.641. The van der Waals surface area contributed by atoms with Gasteiger partial charge in [-0.3, -0.25) is 9.59 Å². The van der Waals surface area contributed by atoms with Crippen molar-refractivity contribution in [1.29, 1.82) is 0 Å². The third-order valence-corrected chi connectivity index (χ3v) is 6.51. The number of halogens is 1. The second-order valence-corrected chi connectivity index (χ2v) is 9.30. The lowest BCUT2D eigenvalue weighted by Gasteiger charge is -2.44. The molecular weight excluding hydrogens is 446 g/mol. The van der Waals surface area contributed by atoms with Gasteiger partial charge in [0.1, 0.15) is 17.1 Å². The second kappa shape index (κ2) is 8.06. The summed E-state index contributed by atoms with van der Waals surface area (Å²) < 4.78 is 13.2. The molecule has 2 aromatic carbocycles. The largest absolute Gasteiger partial charge is 0.486 e. The van der Waals surface area contributed by atoms with Gasteiger partial charge in [-0.2, -0.15) is 0 Å². The minimum absolute atomic E-state index is 0.0397. The van der Waals surface area contributed by atoms with E-state index in [4.69, 9.17) is 9.47 Å². The zero-order valence-electron chi connectivity index (χ0n) is 17.5. The van der Waals surface area contributed by atoms with Gasteiger partial charge in [0.15, 0.2) is 11.9 Å². The number of carbonyl (C=O) groups is 2. The van der Waals surface area contributed by atoms with Crippen LogP contribution in [-0.2, 0) is 4.79 Å². The molecule has 0 bridgehead atoms. The molecule has 6 heteroatoms. The Kier molecular flexibility index (Phi) is 5.62. The van der Waals surface area contributed by atoms with Crippen molar-refractivity contribution < 1.29 is 19.1 Å². The summed E-state index contributed by atoms with van der Waals surface area (Å²) in [5, 5.41) is 0. The van der Waals surface area contributed by atoms with E-state index in [0.29, 0.717) is 49.4 Å². The molecule has 0 aromatic heterocycles. The molecule has 2 heterocycles. The van der Waals surface area contributed by atoms with Crippen LogP contribution in [0.5, 0.6) is 11.5 Å². The van der Waals surface area contributed by atoms with Crippen molar-refractivity contribution in [2.75, 3.05) is 13.1 Å². The fourth-order valence-corrected chi connectivity index (χ4v) is 4.64. The number of hydrogen-bond acceptors (Lipinski definition) is 4. The van der Waals surface area contributed by atoms with Crippen LogP contribution >= 0.6 is 15.9 Å². The Labute approximate surface area is 185 Å². The number of ether oxygens (including phenoxy) is 2. The van der Waals surface area contributed by atoms with Gasteiger partial charge in [-0.05, 0) is 62.2 Å². The van der Waals surface area contributed by atoms with Crippen LogP contribution in [0.15, 0.2) is 40.9 Å². The molecule has 158 valence electrons. The third-order valence-electron chi connectivity index (χ3n) is 5.98. The number of amides is 1. The van der Waals surface area contributed by atoms with Crippen molar-refractivity contribution in [3.05, 3.63) is 57.6 Å². The van der Waals surface area contributed by atoms with Gasteiger partial charge in [0.05, 0.1) is 12.0 Å². The highest BCUT2D eigenvalue weighted by molar-refractivity contribution is 9.10. The zero-order valence-corrected chi connectivity index (χ0v) is 19.1. The lowest BCUT2D eigenvalue weighted by molar-refractivity contribution is -0.141. The molecule has 1 spiro atoms. The van der Waals surface area contributed by atoms with Crippen LogP contribution in [0.3, 0.4) is 0 Å². The zero-order chi connectivity index (χ0) is 21.5. The minimum atomic E-state index is -0.569. The van der Waals surface area contributed by atoms with Crippen LogP contribution in [0.25, 0.3) is 0 Å². The van der Waals surface area contributed by atoms with Gasteiger partial charge in [0.25, 0.3) is 5.91 Å². The van der Waals surface area contributed by atoms with E-state index in [1.165, 1.54) is 0 Å². The highest BCUT2D eigenvalue weighted by Crippen LogP contribution is 2.41. The van der Waals surface area contributed by atoms with Gasteiger partial charge in [-0.1, -0.05) is 22.0 Å². The Morgan fingerprint density at radius 3 is 2.50 bits per heavy atom. The maximum Gasteiger partial charge on any atom is 0.263 e. The molecule has 1 unspecified atom stereocenters. The van der Waals surface area contributed by atoms with Crippen LogP contribution in [0.2, 0.25) is 0 Å². The monoisotopic (exact) mass is 471 g/mol. The average molecular weight is 472 g/mol. The van der Waals surface area contributed by atoms with Crippen LogP contribution in [0.1, 0.15) is 47.7 Å². The number of fused-ring (bicyclic) bond motifs is 1. The van der Waals surface area contributed by atoms with E-state index < -0.39 is 11.7 Å². The van der Waals surface area contributed by atoms with Gasteiger partial charge >= 0.3 is 0 Å². The number of Topliss-reactive ketones (excluding diaryl/α,β-unsaturated/α-hetero) is 1. The van der Waals surface area contributed by atoms with Crippen molar-refractivity contribution >= 4 is 27.6 Å². The summed E-state index contributed by atoms with van der Waals surface area (Å²) in [4.78, 5) is 27.5. The van der Waals surface area contributed by atoms with Crippen molar-refractivity contribution in [3.63, 3.8) is 0 Å². The smallest absolute Gasteiger partial charge is 0.263 e. The SMILES string of the molecule is Cc1cc(C)c2c(c1)C(=O)CC1(CCN(C(=O)C(C)Oc3ccc(Br)cc3)CC1)O2. The normalized spacial score (nSPS) is 18.5. The van der Waals surface area contributed by atoms with E-state index in [2.05, 4.69) is 15.9 Å². The summed E-state index contributed by atoms with van der Waals surface area (Å²) in [6.07, 6.45) is 1.08. The van der Waals surface area contributed by atoms with E-state index >= 15 is 0 Å². The number of likely N-dealkylation sites (tertiary alicyclic amines) is 1. The average Bonchev–Trinajstić information content (AvgIpc) is 2.71. The summed E-state index contributed by atoms with van der Waals surface area (Å²) in [6.45, 7) is 6.86. The molecule has 0 saturated carbocycles. The maximum absolute atomic E-state index is 12.9. The summed E-state index contributed by atoms with van der Waals surface area (Å²) in [5.41, 5.74) is 2.23. The van der Waals surface area contributed by atoms with Gasteiger partial charge in [-0.15, -0.1) is 0 Å². The lowest BCUT2D eigenvalue weighted by atomic mass is 9.81. The van der Waals surface area contributed by atoms with E-state index in [-0.39, 0.29) is 11.7 Å². The number of ketones is 1. The first-order valence-corrected chi connectivity index (χ1v) is 11.1. The van der Waals surface area contributed by atoms with Gasteiger partial charge < -0.3 is 14.4 Å². The fourth-order valence-electron chi connectivity index (χ4n) is 4.38. The predicted molar refractivity (Wildman–Crippen MR) is 118 cm³/mol. The summed E-state index contributed by atoms with van der Waals surface area (Å²) >= 11 is 3.39. The number of rotatable bonds is 3. The lowest BCUT2D eigenvalue weighted by Crippen LogP contribution is -2.54. The Hall–Kier alpha value is -2.34. The molecule has 0 aliphatic carbocycles. The molecule has 0 radical (unpaired) electrons. The number of nitrogens with zero attached hydrogens (tertiary/aromatic N) is 1. The van der Waals surface area contributed by atoms with Crippen molar-refractivity contribution in [1.82, 2.24) is 4.90 Å². The summed E-state index contributed by atoms with van der Waals surface area (Å²) in [5.74, 6) is 1.47. The van der Waals surface area contributed by atoms with Gasteiger partial charge in [-0.25, -0.2) is 0 Å². The highest BCUT2D eigenvalue weighted by atomic mass is 79.9. The van der Waals surface area contributed by atoms with E-state index in [1.807, 2.05) is 55.1 Å². The Morgan fingerprint density at radius 1 is 1.17 bits per heavy atom. The Morgan fingerprint density at radius 2 is 1.83 bits per heavy atom. The molecule has 30 heavy (non-hydrogen) atoms. The van der Waals surface area contributed by atoms with Crippen LogP contribution in [-0.4, -0.2) is 41.4 Å². The fraction of sp³-hybridized carbons (Fsp3) is 0.417. The number of piperidine rings is 1. The van der Waals surface area contributed by atoms with Crippen molar-refractivity contribution in [2.45, 2.75) is 51.7 Å². The molecular formula is C24H26BrNO4. The minimum Gasteiger partial charge on any atom is -0.486 e. The number of aryl methyl sites for hydroxylation is 2. The highest BCUT2D eigenvalue weighted by Gasteiger charge is 2.44. The van der Waals surface area contributed by atoms with E-state index in [0.717, 1.165) is 15.6 Å². The molecule has 0 N–H and O–H groups in total. The summed E-state index contributed by atoms with van der Waals surface area (Å²) in [6, 6.07) is 11.4. The van der Waals surface area contributed by atoms with Crippen LogP contribution in [0, 0.1) is 13.8 Å². The Balaban J connectivity index is 1.41. The third kappa shape index (κ3) is 4.10. The molecule has 1 saturated heterocycles. The standard InChI is InChI=1S/C24H26BrNO4/c1-15-12-16(2)22-20(13-15)21(27)14-24(30-22)8-10-26(11-9-24)23(28)17(3)29-19-6-4-18(25)5-7-19/h4-7,12-13,17H,8-11,14H2,1-3H3. The Bertz CT molecular complexity index is 977. The molecule has 2 aliphatic heterocycles. The molecule has 4 rings (SSSR count). The molecule has 2 aliphatic rings. The van der Waals surface area contributed by atoms with Gasteiger partial charge in [0, 0.05) is 30.4 Å². The molecule has 1 amide bonds. The van der Waals surface area contributed by atoms with E-state index in [1.54, 1.807) is 6.92 Å². The topological polar surface area (TPSA) is 55.8 Å². The predicted octanol–water partition coefficient (Wildman–Crippen LogP) is 4.86. The molecule has 1 atom stereocenters. The van der Waals surface area contributed by atoms with Crippen molar-refractivity contribution in [2.24, 2.45) is 0 Å². The van der Waals surface area contributed by atoms with Gasteiger partial charge in [0.2, 0.25) is 0 Å². The first-order chi connectivity index (χ1) is 14.3.